The Morgan fingerprint density at radius 3 is 2.90 bits per heavy atom. The minimum Gasteiger partial charge on any atom is -0.481 e. The molecule has 0 radical (unpaired) electrons. The standard InChI is InChI=1S/C16H16N2O2S/c19-16(20)11-6-7-14-12(8-11)9-17-15(18-14)10-21-13-4-2-1-3-5-13/h1-5,9,11H,6-8,10H2,(H,19,20). The molecular formula is C16H16N2O2S. The first-order valence-electron chi connectivity index (χ1n) is 6.96. The third-order valence-corrected chi connectivity index (χ3v) is 4.67. The summed E-state index contributed by atoms with van der Waals surface area (Å²) in [5, 5.41) is 9.08. The predicted molar refractivity (Wildman–Crippen MR) is 81.2 cm³/mol. The largest absolute Gasteiger partial charge is 0.481 e. The van der Waals surface area contributed by atoms with Gasteiger partial charge in [0, 0.05) is 16.8 Å². The van der Waals surface area contributed by atoms with Gasteiger partial charge in [0.05, 0.1) is 11.7 Å². The van der Waals surface area contributed by atoms with Crippen molar-refractivity contribution in [2.24, 2.45) is 5.92 Å². The van der Waals surface area contributed by atoms with Gasteiger partial charge in [-0.25, -0.2) is 9.97 Å². The van der Waals surface area contributed by atoms with Crippen molar-refractivity contribution in [2.75, 3.05) is 0 Å². The Labute approximate surface area is 127 Å². The molecule has 0 spiro atoms. The molecule has 4 nitrogen and oxygen atoms in total. The molecule has 1 heterocycles. The van der Waals surface area contributed by atoms with Crippen LogP contribution in [0, 0.1) is 5.92 Å². The number of benzene rings is 1. The van der Waals surface area contributed by atoms with E-state index in [1.807, 2.05) is 18.2 Å². The van der Waals surface area contributed by atoms with E-state index in [1.54, 1.807) is 18.0 Å². The zero-order valence-electron chi connectivity index (χ0n) is 11.5. The Balaban J connectivity index is 1.68. The number of fused-ring (bicyclic) bond motifs is 1. The summed E-state index contributed by atoms with van der Waals surface area (Å²) in [5.74, 6) is 0.547. The van der Waals surface area contributed by atoms with Gasteiger partial charge in [-0.3, -0.25) is 4.79 Å². The van der Waals surface area contributed by atoms with Gasteiger partial charge >= 0.3 is 5.97 Å². The molecule has 1 atom stereocenters. The van der Waals surface area contributed by atoms with Crippen LogP contribution in [0.4, 0.5) is 0 Å². The third kappa shape index (κ3) is 3.42. The molecule has 1 aromatic heterocycles. The lowest BCUT2D eigenvalue weighted by Gasteiger charge is -2.20. The van der Waals surface area contributed by atoms with Gasteiger partial charge in [-0.2, -0.15) is 0 Å². The third-order valence-electron chi connectivity index (χ3n) is 3.66. The highest BCUT2D eigenvalue weighted by atomic mass is 32.2. The number of hydrogen-bond acceptors (Lipinski definition) is 4. The van der Waals surface area contributed by atoms with E-state index in [0.717, 1.165) is 29.3 Å². The maximum Gasteiger partial charge on any atom is 0.306 e. The summed E-state index contributed by atoms with van der Waals surface area (Å²) in [6.45, 7) is 0. The summed E-state index contributed by atoms with van der Waals surface area (Å²) < 4.78 is 0. The van der Waals surface area contributed by atoms with Crippen molar-refractivity contribution >= 4 is 17.7 Å². The van der Waals surface area contributed by atoms with E-state index in [-0.39, 0.29) is 5.92 Å². The van der Waals surface area contributed by atoms with Crippen LogP contribution in [0.2, 0.25) is 0 Å². The van der Waals surface area contributed by atoms with Crippen molar-refractivity contribution in [1.82, 2.24) is 9.97 Å². The minimum atomic E-state index is -0.718. The molecule has 2 aromatic rings. The summed E-state index contributed by atoms with van der Waals surface area (Å²) in [5.41, 5.74) is 2.01. The molecular weight excluding hydrogens is 284 g/mol. The Bertz CT molecular complexity index is 646. The van der Waals surface area contributed by atoms with Gasteiger partial charge in [0.15, 0.2) is 0 Å². The van der Waals surface area contributed by atoms with Gasteiger partial charge in [-0.1, -0.05) is 18.2 Å². The minimum absolute atomic E-state index is 0.286. The van der Waals surface area contributed by atoms with Gasteiger partial charge in [-0.15, -0.1) is 11.8 Å². The van der Waals surface area contributed by atoms with Crippen LogP contribution in [0.1, 0.15) is 23.5 Å². The van der Waals surface area contributed by atoms with Gasteiger partial charge in [0.25, 0.3) is 0 Å². The normalized spacial score (nSPS) is 17.2. The van der Waals surface area contributed by atoms with Gasteiger partial charge in [0.1, 0.15) is 5.82 Å². The van der Waals surface area contributed by atoms with Crippen LogP contribution in [0.15, 0.2) is 41.4 Å². The molecule has 1 aliphatic carbocycles. The van der Waals surface area contributed by atoms with Crippen LogP contribution >= 0.6 is 11.8 Å². The van der Waals surface area contributed by atoms with Gasteiger partial charge < -0.3 is 5.11 Å². The number of rotatable bonds is 4. The number of aromatic nitrogens is 2. The highest BCUT2D eigenvalue weighted by Gasteiger charge is 2.25. The maximum absolute atomic E-state index is 11.0. The van der Waals surface area contributed by atoms with E-state index in [9.17, 15) is 4.79 Å². The molecule has 1 unspecified atom stereocenters. The Morgan fingerprint density at radius 2 is 2.14 bits per heavy atom. The summed E-state index contributed by atoms with van der Waals surface area (Å²) in [4.78, 5) is 21.2. The zero-order valence-corrected chi connectivity index (χ0v) is 12.3. The second-order valence-corrected chi connectivity index (χ2v) is 6.19. The zero-order chi connectivity index (χ0) is 14.7. The number of aliphatic carboxylic acids is 1. The van der Waals surface area contributed by atoms with Crippen molar-refractivity contribution in [3.63, 3.8) is 0 Å². The number of hydrogen-bond donors (Lipinski definition) is 1. The quantitative estimate of drug-likeness (QED) is 0.880. The molecule has 0 bridgehead atoms. The van der Waals surface area contributed by atoms with E-state index < -0.39 is 5.97 Å². The fourth-order valence-electron chi connectivity index (χ4n) is 2.49. The molecule has 0 amide bonds. The molecule has 3 rings (SSSR count). The number of thioether (sulfide) groups is 1. The van der Waals surface area contributed by atoms with Crippen LogP contribution < -0.4 is 0 Å². The van der Waals surface area contributed by atoms with E-state index in [0.29, 0.717) is 12.8 Å². The van der Waals surface area contributed by atoms with Gasteiger partial charge in [0.2, 0.25) is 0 Å². The summed E-state index contributed by atoms with van der Waals surface area (Å²) in [7, 11) is 0. The number of carbonyl (C=O) groups is 1. The van der Waals surface area contributed by atoms with Crippen molar-refractivity contribution in [1.29, 1.82) is 0 Å². The highest BCUT2D eigenvalue weighted by molar-refractivity contribution is 7.98. The summed E-state index contributed by atoms with van der Waals surface area (Å²) >= 11 is 1.71. The predicted octanol–water partition coefficient (Wildman–Crippen LogP) is 2.96. The van der Waals surface area contributed by atoms with Crippen LogP contribution in [0.5, 0.6) is 0 Å². The van der Waals surface area contributed by atoms with E-state index >= 15 is 0 Å². The topological polar surface area (TPSA) is 63.1 Å². The lowest BCUT2D eigenvalue weighted by atomic mass is 9.87. The molecule has 0 fully saturated rings. The molecule has 5 heteroatoms. The number of carboxylic acids is 1. The second kappa shape index (κ2) is 6.26. The number of aryl methyl sites for hydroxylation is 1. The molecule has 0 saturated heterocycles. The molecule has 1 N–H and O–H groups in total. The molecule has 1 aromatic carbocycles. The summed E-state index contributed by atoms with van der Waals surface area (Å²) in [6.07, 6.45) is 3.76. The lowest BCUT2D eigenvalue weighted by molar-refractivity contribution is -0.142. The van der Waals surface area contributed by atoms with Crippen molar-refractivity contribution in [3.05, 3.63) is 53.6 Å². The molecule has 21 heavy (non-hydrogen) atoms. The fourth-order valence-corrected chi connectivity index (χ4v) is 3.28. The number of carboxylic acid groups (broad SMARTS) is 1. The average molecular weight is 300 g/mol. The van der Waals surface area contributed by atoms with Crippen molar-refractivity contribution in [3.8, 4) is 0 Å². The Kier molecular flexibility index (Phi) is 4.20. The van der Waals surface area contributed by atoms with Crippen molar-refractivity contribution in [2.45, 2.75) is 29.9 Å². The van der Waals surface area contributed by atoms with Crippen LogP contribution in [0.25, 0.3) is 0 Å². The van der Waals surface area contributed by atoms with Crippen LogP contribution in [0.3, 0.4) is 0 Å². The Morgan fingerprint density at radius 1 is 1.33 bits per heavy atom. The first-order chi connectivity index (χ1) is 10.2. The molecule has 108 valence electrons. The van der Waals surface area contributed by atoms with Crippen LogP contribution in [-0.4, -0.2) is 21.0 Å². The van der Waals surface area contributed by atoms with Gasteiger partial charge in [-0.05, 0) is 37.0 Å². The first kappa shape index (κ1) is 14.1. The van der Waals surface area contributed by atoms with E-state index in [4.69, 9.17) is 5.11 Å². The number of nitrogens with zero attached hydrogens (tertiary/aromatic N) is 2. The monoisotopic (exact) mass is 300 g/mol. The molecule has 0 aliphatic heterocycles. The Hall–Kier alpha value is -1.88. The summed E-state index contributed by atoms with van der Waals surface area (Å²) in [6, 6.07) is 10.2. The second-order valence-electron chi connectivity index (χ2n) is 5.14. The SMILES string of the molecule is O=C(O)C1CCc2nc(CSc3ccccc3)ncc2C1. The van der Waals surface area contributed by atoms with E-state index in [1.165, 1.54) is 4.90 Å². The first-order valence-corrected chi connectivity index (χ1v) is 7.95. The molecule has 1 aliphatic rings. The highest BCUT2D eigenvalue weighted by Crippen LogP contribution is 2.26. The lowest BCUT2D eigenvalue weighted by Crippen LogP contribution is -2.23. The van der Waals surface area contributed by atoms with E-state index in [2.05, 4.69) is 22.1 Å². The average Bonchev–Trinajstić information content (AvgIpc) is 2.53. The van der Waals surface area contributed by atoms with Crippen molar-refractivity contribution < 1.29 is 9.90 Å². The fraction of sp³-hybridized carbons (Fsp3) is 0.312. The maximum atomic E-state index is 11.0. The molecule has 0 saturated carbocycles. The van der Waals surface area contributed by atoms with Crippen LogP contribution in [-0.2, 0) is 23.4 Å². The smallest absolute Gasteiger partial charge is 0.306 e.